The number of carbonyl (C=O) groups excluding carboxylic acids is 2. The van der Waals surface area contributed by atoms with Crippen LogP contribution in [0.3, 0.4) is 0 Å². The standard InChI is InChI=1S/C29H23Cl3N4O2/c30-19-7-3-6-18(16-19)28-25-12-5-15-34(25)23-10-1-2-11-24(23)36(28)26(37)17-35(20-13-14-20)29(38)33-27-21(31)8-4-9-22(27)32/h1-12,15-16,20,28H,13-14,17H2,(H,33,38)/t28-/m0/s1. The van der Waals surface area contributed by atoms with Crippen LogP contribution in [0.2, 0.25) is 15.1 Å². The summed E-state index contributed by atoms with van der Waals surface area (Å²) in [5, 5.41) is 4.07. The lowest BCUT2D eigenvalue weighted by Crippen LogP contribution is -2.48. The van der Waals surface area contributed by atoms with Gasteiger partial charge in [0, 0.05) is 17.3 Å². The predicted octanol–water partition coefficient (Wildman–Crippen LogP) is 7.57. The smallest absolute Gasteiger partial charge is 0.316 e. The largest absolute Gasteiger partial charge is 0.322 e. The Morgan fingerprint density at radius 3 is 2.29 bits per heavy atom. The Balaban J connectivity index is 1.37. The molecule has 1 aromatic heterocycles. The van der Waals surface area contributed by atoms with Crippen molar-refractivity contribution in [1.82, 2.24) is 9.47 Å². The van der Waals surface area contributed by atoms with E-state index in [0.29, 0.717) is 20.8 Å². The third kappa shape index (κ3) is 4.53. The van der Waals surface area contributed by atoms with E-state index in [-0.39, 0.29) is 18.5 Å². The number of nitrogens with one attached hydrogen (secondary N) is 1. The number of urea groups is 1. The van der Waals surface area contributed by atoms with Crippen LogP contribution in [0.15, 0.2) is 85.1 Å². The first-order chi connectivity index (χ1) is 18.4. The van der Waals surface area contributed by atoms with Crippen molar-refractivity contribution < 1.29 is 9.59 Å². The van der Waals surface area contributed by atoms with Crippen LogP contribution < -0.4 is 10.2 Å². The number of aromatic nitrogens is 1. The maximum atomic E-state index is 14.2. The molecule has 9 heteroatoms. The molecule has 3 amide bonds. The number of carbonyl (C=O) groups is 2. The number of hydrogen-bond acceptors (Lipinski definition) is 2. The first-order valence-corrected chi connectivity index (χ1v) is 13.4. The first-order valence-electron chi connectivity index (χ1n) is 12.3. The molecule has 1 fully saturated rings. The number of hydrogen-bond donors (Lipinski definition) is 1. The van der Waals surface area contributed by atoms with Crippen molar-refractivity contribution >= 4 is 58.1 Å². The second-order valence-corrected chi connectivity index (χ2v) is 10.6. The van der Waals surface area contributed by atoms with Crippen LogP contribution in [0.1, 0.15) is 30.1 Å². The summed E-state index contributed by atoms with van der Waals surface area (Å²) in [6, 6.07) is 23.4. The number of rotatable bonds is 5. The molecule has 2 heterocycles. The Morgan fingerprint density at radius 1 is 0.868 bits per heavy atom. The molecule has 1 aliphatic carbocycles. The van der Waals surface area contributed by atoms with Gasteiger partial charge in [0.25, 0.3) is 0 Å². The molecule has 0 bridgehead atoms. The molecule has 3 aromatic carbocycles. The number of halogens is 3. The van der Waals surface area contributed by atoms with Gasteiger partial charge in [0.2, 0.25) is 5.91 Å². The zero-order valence-electron chi connectivity index (χ0n) is 20.2. The molecule has 6 nitrogen and oxygen atoms in total. The highest BCUT2D eigenvalue weighted by molar-refractivity contribution is 6.39. The normalized spacial score (nSPS) is 16.0. The third-order valence-electron chi connectivity index (χ3n) is 6.90. The Labute approximate surface area is 235 Å². The molecule has 2 aliphatic rings. The Kier molecular flexibility index (Phi) is 6.56. The molecule has 6 rings (SSSR count). The molecule has 4 aromatic rings. The zero-order valence-corrected chi connectivity index (χ0v) is 22.4. The number of fused-ring (bicyclic) bond motifs is 3. The molecule has 1 saturated carbocycles. The van der Waals surface area contributed by atoms with Crippen molar-refractivity contribution in [3.05, 3.63) is 111 Å². The Hall–Kier alpha value is -3.45. The lowest BCUT2D eigenvalue weighted by atomic mass is 9.97. The summed E-state index contributed by atoms with van der Waals surface area (Å²) >= 11 is 19.0. The summed E-state index contributed by atoms with van der Waals surface area (Å²) in [4.78, 5) is 31.0. The van der Waals surface area contributed by atoms with Gasteiger partial charge < -0.3 is 14.8 Å². The van der Waals surface area contributed by atoms with Gasteiger partial charge >= 0.3 is 6.03 Å². The number of nitrogens with zero attached hydrogens (tertiary/aromatic N) is 3. The van der Waals surface area contributed by atoms with Crippen LogP contribution in [0.5, 0.6) is 0 Å². The molecule has 0 spiro atoms. The van der Waals surface area contributed by atoms with Gasteiger partial charge in [-0.25, -0.2) is 4.79 Å². The summed E-state index contributed by atoms with van der Waals surface area (Å²) in [6.45, 7) is -0.106. The van der Waals surface area contributed by atoms with Gasteiger partial charge in [-0.15, -0.1) is 0 Å². The van der Waals surface area contributed by atoms with Crippen LogP contribution in [0.25, 0.3) is 5.69 Å². The number of para-hydroxylation sites is 3. The summed E-state index contributed by atoms with van der Waals surface area (Å²) in [6.07, 6.45) is 3.65. The molecule has 0 radical (unpaired) electrons. The predicted molar refractivity (Wildman–Crippen MR) is 152 cm³/mol. The maximum absolute atomic E-state index is 14.2. The average molecular weight is 566 g/mol. The highest BCUT2D eigenvalue weighted by atomic mass is 35.5. The number of amides is 3. The zero-order chi connectivity index (χ0) is 26.4. The van der Waals surface area contributed by atoms with E-state index in [1.54, 1.807) is 28.0 Å². The van der Waals surface area contributed by atoms with Gasteiger partial charge in [-0.3, -0.25) is 9.69 Å². The van der Waals surface area contributed by atoms with Crippen LogP contribution in [-0.4, -0.2) is 34.0 Å². The summed E-state index contributed by atoms with van der Waals surface area (Å²) in [5.41, 5.74) is 3.80. The van der Waals surface area contributed by atoms with Gasteiger partial charge in [0.15, 0.2) is 0 Å². The van der Waals surface area contributed by atoms with Gasteiger partial charge in [-0.1, -0.05) is 65.1 Å². The minimum Gasteiger partial charge on any atom is -0.316 e. The second kappa shape index (κ2) is 10.0. The number of anilines is 2. The van der Waals surface area contributed by atoms with Crippen molar-refractivity contribution in [1.29, 1.82) is 0 Å². The van der Waals surface area contributed by atoms with E-state index in [4.69, 9.17) is 34.8 Å². The Morgan fingerprint density at radius 2 is 1.58 bits per heavy atom. The van der Waals surface area contributed by atoms with Crippen LogP contribution in [0.4, 0.5) is 16.2 Å². The van der Waals surface area contributed by atoms with Crippen molar-refractivity contribution in [2.75, 3.05) is 16.8 Å². The lowest BCUT2D eigenvalue weighted by molar-refractivity contribution is -0.119. The highest BCUT2D eigenvalue weighted by Gasteiger charge is 2.40. The molecule has 192 valence electrons. The van der Waals surface area contributed by atoms with E-state index < -0.39 is 12.1 Å². The average Bonchev–Trinajstić information content (AvgIpc) is 3.63. The molecule has 0 unspecified atom stereocenters. The van der Waals surface area contributed by atoms with Crippen molar-refractivity contribution in [2.24, 2.45) is 0 Å². The highest BCUT2D eigenvalue weighted by Crippen LogP contribution is 2.43. The molecule has 0 saturated heterocycles. The van der Waals surface area contributed by atoms with E-state index in [1.165, 1.54) is 0 Å². The maximum Gasteiger partial charge on any atom is 0.322 e. The molecular formula is C29H23Cl3N4O2. The fourth-order valence-electron chi connectivity index (χ4n) is 5.02. The van der Waals surface area contributed by atoms with Crippen molar-refractivity contribution in [2.45, 2.75) is 24.9 Å². The quantitative estimate of drug-likeness (QED) is 0.271. The van der Waals surface area contributed by atoms with Crippen LogP contribution >= 0.6 is 34.8 Å². The van der Waals surface area contributed by atoms with Gasteiger partial charge in [0.1, 0.15) is 12.6 Å². The van der Waals surface area contributed by atoms with Crippen molar-refractivity contribution in [3.63, 3.8) is 0 Å². The second-order valence-electron chi connectivity index (χ2n) is 9.40. The Bertz CT molecular complexity index is 1530. The minimum absolute atomic E-state index is 0.0336. The lowest BCUT2D eigenvalue weighted by Gasteiger charge is -2.39. The molecule has 1 aliphatic heterocycles. The van der Waals surface area contributed by atoms with E-state index >= 15 is 0 Å². The topological polar surface area (TPSA) is 57.6 Å². The van der Waals surface area contributed by atoms with Crippen LogP contribution in [-0.2, 0) is 4.79 Å². The number of benzene rings is 3. The van der Waals surface area contributed by atoms with E-state index in [0.717, 1.165) is 35.5 Å². The molecular weight excluding hydrogens is 543 g/mol. The molecule has 1 atom stereocenters. The van der Waals surface area contributed by atoms with E-state index in [1.807, 2.05) is 66.9 Å². The monoisotopic (exact) mass is 564 g/mol. The van der Waals surface area contributed by atoms with Crippen molar-refractivity contribution in [3.8, 4) is 5.69 Å². The fourth-order valence-corrected chi connectivity index (χ4v) is 5.72. The van der Waals surface area contributed by atoms with Crippen LogP contribution in [0, 0.1) is 0 Å². The molecule has 38 heavy (non-hydrogen) atoms. The van der Waals surface area contributed by atoms with Gasteiger partial charge in [0.05, 0.1) is 32.8 Å². The van der Waals surface area contributed by atoms with Gasteiger partial charge in [-0.2, -0.15) is 0 Å². The summed E-state index contributed by atoms with van der Waals surface area (Å²) in [5.74, 6) is -0.206. The summed E-state index contributed by atoms with van der Waals surface area (Å²) < 4.78 is 2.09. The third-order valence-corrected chi connectivity index (χ3v) is 7.77. The van der Waals surface area contributed by atoms with E-state index in [2.05, 4.69) is 9.88 Å². The molecule has 1 N–H and O–H groups in total. The first kappa shape index (κ1) is 24.9. The fraction of sp³-hybridized carbons (Fsp3) is 0.172. The summed E-state index contributed by atoms with van der Waals surface area (Å²) in [7, 11) is 0. The van der Waals surface area contributed by atoms with Gasteiger partial charge in [-0.05, 0) is 66.9 Å². The SMILES string of the molecule is O=C(Nc1c(Cl)cccc1Cl)N(CC(=O)N1c2ccccc2-n2cccc2[C@@H]1c1cccc(Cl)c1)C1CC1. The van der Waals surface area contributed by atoms with E-state index in [9.17, 15) is 9.59 Å². The minimum atomic E-state index is -0.423.